The first-order valence-electron chi connectivity index (χ1n) is 8.09. The molecule has 0 bridgehead atoms. The van der Waals surface area contributed by atoms with Gasteiger partial charge in [-0.15, -0.1) is 0 Å². The van der Waals surface area contributed by atoms with Gasteiger partial charge in [0.25, 0.3) is 0 Å². The van der Waals surface area contributed by atoms with Crippen LogP contribution in [0.1, 0.15) is 47.0 Å². The Balaban J connectivity index is 0. The van der Waals surface area contributed by atoms with Crippen LogP contribution in [0.25, 0.3) is 0 Å². The van der Waals surface area contributed by atoms with Crippen LogP contribution < -0.4 is 0 Å². The van der Waals surface area contributed by atoms with Gasteiger partial charge in [-0.25, -0.2) is 0 Å². The summed E-state index contributed by atoms with van der Waals surface area (Å²) in [7, 11) is -6.39. The van der Waals surface area contributed by atoms with Crippen molar-refractivity contribution in [2.45, 2.75) is 64.3 Å². The standard InChI is InChI=1S/C8H20N.C6H7F7O3S/c1-5-9(6-2,7-3)8-4;7-4(8,2-1-3-5(9,10)11)6(12,13)17(14,15)16/h5-8H2,1-4H3;1-3H2,(H,14,15,16)/q+1;. The predicted molar refractivity (Wildman–Crippen MR) is 83.8 cm³/mol. The second-order valence-electron chi connectivity index (χ2n) is 5.77. The minimum absolute atomic E-state index is 1.28. The largest absolute Gasteiger partial charge is 0.431 e. The van der Waals surface area contributed by atoms with E-state index in [1.807, 2.05) is 0 Å². The lowest BCUT2D eigenvalue weighted by atomic mass is 10.1. The summed E-state index contributed by atoms with van der Waals surface area (Å²) in [6.45, 7) is 14.2. The molecule has 0 unspecified atom stereocenters. The third kappa shape index (κ3) is 8.38. The number of quaternary nitrogens is 1. The highest BCUT2D eigenvalue weighted by Crippen LogP contribution is 2.42. The quantitative estimate of drug-likeness (QED) is 0.332. The fraction of sp³-hybridized carbons (Fsp3) is 1.00. The number of halogens is 7. The van der Waals surface area contributed by atoms with E-state index in [4.69, 9.17) is 4.55 Å². The summed E-state index contributed by atoms with van der Waals surface area (Å²) in [5.41, 5.74) is 0. The number of hydrogen-bond donors (Lipinski definition) is 1. The molecule has 12 heteroatoms. The highest BCUT2D eigenvalue weighted by atomic mass is 32.2. The molecule has 0 fully saturated rings. The number of hydrogen-bond acceptors (Lipinski definition) is 2. The molecular formula is C14H27F7NO3S+. The monoisotopic (exact) mass is 422 g/mol. The summed E-state index contributed by atoms with van der Waals surface area (Å²) in [5.74, 6) is -5.27. The average Bonchev–Trinajstić information content (AvgIpc) is 2.48. The molecule has 0 aliphatic rings. The van der Waals surface area contributed by atoms with Gasteiger partial charge in [-0.2, -0.15) is 39.2 Å². The van der Waals surface area contributed by atoms with Gasteiger partial charge in [0, 0.05) is 12.8 Å². The molecule has 0 amide bonds. The molecule has 0 atom stereocenters. The molecule has 0 rings (SSSR count). The van der Waals surface area contributed by atoms with Gasteiger partial charge in [-0.05, 0) is 34.1 Å². The molecule has 0 spiro atoms. The van der Waals surface area contributed by atoms with E-state index < -0.39 is 46.7 Å². The number of alkyl halides is 7. The normalized spacial score (nSPS) is 14.0. The molecule has 0 aromatic heterocycles. The van der Waals surface area contributed by atoms with E-state index in [-0.39, 0.29) is 0 Å². The van der Waals surface area contributed by atoms with Gasteiger partial charge in [0.15, 0.2) is 0 Å². The molecule has 0 saturated carbocycles. The second kappa shape index (κ2) is 10.1. The highest BCUT2D eigenvalue weighted by Gasteiger charge is 2.65. The lowest BCUT2D eigenvalue weighted by Crippen LogP contribution is -2.47. The van der Waals surface area contributed by atoms with Crippen LogP contribution >= 0.6 is 0 Å². The van der Waals surface area contributed by atoms with Crippen LogP contribution in [0.2, 0.25) is 0 Å². The van der Waals surface area contributed by atoms with Gasteiger partial charge in [0.05, 0.1) is 26.2 Å². The fourth-order valence-corrected chi connectivity index (χ4v) is 2.67. The molecule has 0 aromatic carbocycles. The minimum atomic E-state index is -6.39. The zero-order valence-electron chi connectivity index (χ0n) is 15.2. The molecule has 0 aliphatic carbocycles. The van der Waals surface area contributed by atoms with E-state index in [0.717, 1.165) is 0 Å². The van der Waals surface area contributed by atoms with Crippen molar-refractivity contribution in [1.82, 2.24) is 0 Å². The Hall–Kier alpha value is -0.620. The van der Waals surface area contributed by atoms with E-state index >= 15 is 0 Å². The molecule has 4 nitrogen and oxygen atoms in total. The van der Waals surface area contributed by atoms with Crippen molar-refractivity contribution in [3.05, 3.63) is 0 Å². The van der Waals surface area contributed by atoms with Gasteiger partial charge in [0.2, 0.25) is 0 Å². The molecule has 0 radical (unpaired) electrons. The molecule has 0 aromatic rings. The summed E-state index contributed by atoms with van der Waals surface area (Å²) >= 11 is 0. The van der Waals surface area contributed by atoms with Gasteiger partial charge in [-0.3, -0.25) is 4.55 Å². The third-order valence-electron chi connectivity index (χ3n) is 4.38. The van der Waals surface area contributed by atoms with Crippen LogP contribution in [0.3, 0.4) is 0 Å². The summed E-state index contributed by atoms with van der Waals surface area (Å²) < 4.78 is 114. The smallest absolute Gasteiger partial charge is 0.325 e. The lowest BCUT2D eigenvalue weighted by Gasteiger charge is -2.34. The van der Waals surface area contributed by atoms with Crippen LogP contribution in [-0.4, -0.2) is 61.0 Å². The van der Waals surface area contributed by atoms with Crippen molar-refractivity contribution in [1.29, 1.82) is 0 Å². The molecule has 160 valence electrons. The van der Waals surface area contributed by atoms with E-state index in [2.05, 4.69) is 27.7 Å². The maximum absolute atomic E-state index is 12.6. The molecule has 0 saturated heterocycles. The summed E-state index contributed by atoms with van der Waals surface area (Å²) in [6, 6.07) is 0. The minimum Gasteiger partial charge on any atom is -0.325 e. The predicted octanol–water partition coefficient (Wildman–Crippen LogP) is 4.72. The van der Waals surface area contributed by atoms with Crippen molar-refractivity contribution in [3.63, 3.8) is 0 Å². The molecule has 26 heavy (non-hydrogen) atoms. The first kappa shape index (κ1) is 27.6. The SMILES string of the molecule is CC[N+](CC)(CC)CC.O=S(=O)(O)C(F)(F)C(F)(F)CCCC(F)(F)F. The Kier molecular flexibility index (Phi) is 10.7. The second-order valence-corrected chi connectivity index (χ2v) is 7.23. The number of rotatable bonds is 9. The molecule has 0 aliphatic heterocycles. The Labute approximate surface area is 149 Å². The van der Waals surface area contributed by atoms with Crippen LogP contribution in [0, 0.1) is 0 Å². The maximum atomic E-state index is 12.6. The average molecular weight is 422 g/mol. The Bertz CT molecular complexity index is 486. The number of nitrogens with zero attached hydrogens (tertiary/aromatic N) is 1. The van der Waals surface area contributed by atoms with E-state index in [0.29, 0.717) is 0 Å². The molecule has 1 N–H and O–H groups in total. The Morgan fingerprint density at radius 3 is 1.31 bits per heavy atom. The molecule has 0 heterocycles. The summed E-state index contributed by atoms with van der Waals surface area (Å²) in [5, 5.41) is -5.81. The first-order valence-corrected chi connectivity index (χ1v) is 9.53. The lowest BCUT2D eigenvalue weighted by molar-refractivity contribution is -0.921. The van der Waals surface area contributed by atoms with E-state index in [1.165, 1.54) is 30.7 Å². The van der Waals surface area contributed by atoms with Crippen molar-refractivity contribution >= 4 is 10.1 Å². The van der Waals surface area contributed by atoms with Crippen LogP contribution in [0.15, 0.2) is 0 Å². The maximum Gasteiger partial charge on any atom is 0.431 e. The zero-order chi connectivity index (χ0) is 21.4. The topological polar surface area (TPSA) is 54.4 Å². The Morgan fingerprint density at radius 2 is 1.12 bits per heavy atom. The van der Waals surface area contributed by atoms with Crippen LogP contribution in [-0.2, 0) is 10.1 Å². The van der Waals surface area contributed by atoms with Crippen molar-refractivity contribution < 1.29 is 48.2 Å². The summed E-state index contributed by atoms with van der Waals surface area (Å²) in [6.07, 6.45) is -9.98. The van der Waals surface area contributed by atoms with Crippen LogP contribution in [0.4, 0.5) is 30.7 Å². The molecular weight excluding hydrogens is 395 g/mol. The van der Waals surface area contributed by atoms with Crippen molar-refractivity contribution in [2.75, 3.05) is 26.2 Å². The zero-order valence-corrected chi connectivity index (χ0v) is 16.0. The van der Waals surface area contributed by atoms with Gasteiger partial charge in [0.1, 0.15) is 0 Å². The van der Waals surface area contributed by atoms with Gasteiger partial charge < -0.3 is 4.48 Å². The summed E-state index contributed by atoms with van der Waals surface area (Å²) in [4.78, 5) is 0. The van der Waals surface area contributed by atoms with Crippen molar-refractivity contribution in [2.24, 2.45) is 0 Å². The Morgan fingerprint density at radius 1 is 0.769 bits per heavy atom. The van der Waals surface area contributed by atoms with Crippen molar-refractivity contribution in [3.8, 4) is 0 Å². The highest BCUT2D eigenvalue weighted by molar-refractivity contribution is 7.87. The van der Waals surface area contributed by atoms with E-state index in [1.54, 1.807) is 0 Å². The third-order valence-corrected chi connectivity index (χ3v) is 5.33. The van der Waals surface area contributed by atoms with E-state index in [9.17, 15) is 39.2 Å². The fourth-order valence-electron chi connectivity index (χ4n) is 2.19. The van der Waals surface area contributed by atoms with Gasteiger partial charge >= 0.3 is 27.5 Å². The van der Waals surface area contributed by atoms with Crippen LogP contribution in [0.5, 0.6) is 0 Å². The first-order chi connectivity index (χ1) is 11.4. The van der Waals surface area contributed by atoms with Gasteiger partial charge in [-0.1, -0.05) is 0 Å².